The van der Waals surface area contributed by atoms with Crippen molar-refractivity contribution >= 4 is 97.3 Å². The number of aromatic amines is 2. The van der Waals surface area contributed by atoms with Gasteiger partial charge in [-0.2, -0.15) is 15.7 Å². The number of rotatable bonds is 5. The van der Waals surface area contributed by atoms with E-state index in [0.29, 0.717) is 70.2 Å². The first-order valence-electron chi connectivity index (χ1n) is 14.3. The predicted molar refractivity (Wildman–Crippen MR) is 211 cm³/mol. The summed E-state index contributed by atoms with van der Waals surface area (Å²) in [5, 5.41) is 42.9. The second kappa shape index (κ2) is 24.3. The van der Waals surface area contributed by atoms with E-state index in [9.17, 15) is 9.59 Å². The van der Waals surface area contributed by atoms with Crippen LogP contribution in [0.5, 0.6) is 0 Å². The van der Waals surface area contributed by atoms with Crippen LogP contribution in [0.15, 0.2) is 89.6 Å². The van der Waals surface area contributed by atoms with E-state index in [4.69, 9.17) is 74.2 Å². The molecule has 0 aliphatic rings. The maximum absolute atomic E-state index is 12.1. The molecule has 3 aromatic carbocycles. The van der Waals surface area contributed by atoms with Crippen molar-refractivity contribution in [3.05, 3.63) is 136 Å². The second-order valence-corrected chi connectivity index (χ2v) is 12.9. The molecule has 0 fully saturated rings. The van der Waals surface area contributed by atoms with Crippen molar-refractivity contribution in [1.29, 1.82) is 5.26 Å². The summed E-state index contributed by atoms with van der Waals surface area (Å²) in [6.45, 7) is 0. The first-order valence-corrected chi connectivity index (χ1v) is 17.6. The Bertz CT molecular complexity index is 2320. The average molecular weight is 866 g/mol. The van der Waals surface area contributed by atoms with Crippen LogP contribution in [-0.2, 0) is 0 Å². The number of para-hydroxylation sites is 3. The Kier molecular flexibility index (Phi) is 20.4. The van der Waals surface area contributed by atoms with Crippen LogP contribution in [0.2, 0.25) is 15.1 Å². The van der Waals surface area contributed by atoms with Gasteiger partial charge in [0.2, 0.25) is 11.6 Å². The number of nitrogen functional groups attached to an aromatic ring is 2. The van der Waals surface area contributed by atoms with Gasteiger partial charge in [0.1, 0.15) is 6.07 Å². The van der Waals surface area contributed by atoms with E-state index in [1.54, 1.807) is 72.8 Å². The number of nitrogens with two attached hydrogens (primary N) is 2. The Hall–Kier alpha value is -5.10. The van der Waals surface area contributed by atoms with Gasteiger partial charge in [0.15, 0.2) is 0 Å². The monoisotopic (exact) mass is 863 g/mol. The number of benzene rings is 3. The number of H-pyrrole nitrogens is 2. The molecule has 7 N–H and O–H groups in total. The molecule has 4 heterocycles. The number of carbonyl (C=O) groups is 2. The molecule has 1 amide bonds. The molecule has 55 heavy (non-hydrogen) atoms. The first kappa shape index (κ1) is 46.1. The standard InChI is InChI=1S/C12H8ClN5OS.C7H6ClN5.C7H5ClN2.C5H3ClOS.N3.Na/c13-8-4-1-3-7(11-15-17-18-16-11)10(8)14-12(19)9-5-2-6-20-9;8-5-3-1-2-4(6(5)9)7-10-12-13-11-7;8-6-3-1-2-5(4-9)7(6)10;6-5(7)4-2-1-3-8-4;1-3-2;/h1-6H,(H,14,19)(H,15,16,17,18);1-3H,9H2,(H,10,11,12,13);1-3H,10H2;1-3H;;/q;;;;-1;+1. The summed E-state index contributed by atoms with van der Waals surface area (Å²) in [5.74, 6) is 0.590. The molecule has 0 atom stereocenters. The Morgan fingerprint density at radius 3 is 1.69 bits per heavy atom. The van der Waals surface area contributed by atoms with E-state index >= 15 is 0 Å². The minimum Gasteiger partial charge on any atom is -0.397 e. The van der Waals surface area contributed by atoms with Gasteiger partial charge in [-0.3, -0.25) is 14.5 Å². The summed E-state index contributed by atoms with van der Waals surface area (Å²) < 4.78 is 0. The number of hydrogen-bond acceptors (Lipinski definition) is 13. The fraction of sp³-hybridized carbons (Fsp3) is 0. The van der Waals surface area contributed by atoms with Crippen LogP contribution in [0.25, 0.3) is 38.7 Å². The summed E-state index contributed by atoms with van der Waals surface area (Å²) in [4.78, 5) is 25.1. The van der Waals surface area contributed by atoms with Crippen molar-refractivity contribution in [2.24, 2.45) is 0 Å². The minimum atomic E-state index is -0.375. The summed E-state index contributed by atoms with van der Waals surface area (Å²) in [6, 6.07) is 24.4. The fourth-order valence-electron chi connectivity index (χ4n) is 3.73. The number of tetrazole rings is 2. The third-order valence-electron chi connectivity index (χ3n) is 6.11. The number of hydrogen-bond donors (Lipinski definition) is 5. The van der Waals surface area contributed by atoms with Crippen LogP contribution >= 0.6 is 69.1 Å². The Morgan fingerprint density at radius 1 is 0.745 bits per heavy atom. The van der Waals surface area contributed by atoms with Gasteiger partial charge in [-0.1, -0.05) is 65.1 Å². The molecule has 0 spiro atoms. The molecule has 7 aromatic rings. The number of aromatic nitrogens is 8. The smallest absolute Gasteiger partial charge is 0.397 e. The van der Waals surface area contributed by atoms with E-state index in [2.05, 4.69) is 46.6 Å². The predicted octanol–water partition coefficient (Wildman–Crippen LogP) is 5.73. The Balaban J connectivity index is 0.000000260. The molecule has 7 rings (SSSR count). The van der Waals surface area contributed by atoms with Gasteiger partial charge in [-0.25, -0.2) is 0 Å². The largest absolute Gasteiger partial charge is 1.00 e. The Labute approximate surface area is 361 Å². The number of thiophene rings is 2. The minimum absolute atomic E-state index is 0. The summed E-state index contributed by atoms with van der Waals surface area (Å²) >= 11 is 25.4. The molecule has 274 valence electrons. The number of nitrogens with one attached hydrogen (secondary N) is 3. The van der Waals surface area contributed by atoms with Gasteiger partial charge >= 0.3 is 29.6 Å². The van der Waals surface area contributed by atoms with E-state index in [0.717, 1.165) is 0 Å². The normalized spacial score (nSPS) is 9.29. The number of halogens is 4. The van der Waals surface area contributed by atoms with Gasteiger partial charge in [0.05, 0.1) is 47.4 Å². The molecule has 24 heteroatoms. The molecule has 0 saturated carbocycles. The average Bonchev–Trinajstić information content (AvgIpc) is 4.01. The molecular formula is C31H22Cl4N15NaO2S2. The fourth-order valence-corrected chi connectivity index (χ4v) is 5.67. The van der Waals surface area contributed by atoms with Crippen LogP contribution in [-0.4, -0.2) is 52.4 Å². The zero-order chi connectivity index (χ0) is 39.5. The number of nitrogens with zero attached hydrogens (tertiary/aromatic N) is 10. The van der Waals surface area contributed by atoms with Crippen molar-refractivity contribution in [1.82, 2.24) is 41.2 Å². The van der Waals surface area contributed by atoms with E-state index < -0.39 is 0 Å². The molecule has 0 bridgehead atoms. The van der Waals surface area contributed by atoms with Crippen LogP contribution in [0.3, 0.4) is 0 Å². The topological polar surface area (TPSA) is 290 Å². The zero-order valence-electron chi connectivity index (χ0n) is 27.9. The zero-order valence-corrected chi connectivity index (χ0v) is 34.6. The Morgan fingerprint density at radius 2 is 1.24 bits per heavy atom. The summed E-state index contributed by atoms with van der Waals surface area (Å²) in [6.07, 6.45) is 0. The molecule has 0 unspecified atom stereocenters. The number of amides is 1. The maximum Gasteiger partial charge on any atom is 1.00 e. The SMILES string of the molecule is N#Cc1cccc(Cl)c1N.Nc1c(Cl)cccc1-c1nn[nH]n1.O=C(Cl)c1cccs1.O=C(Nc1c(Cl)cccc1-c1nn[nH]n1)c1cccs1.[N-]=[N+]=[N-].[Na+]. The van der Waals surface area contributed by atoms with Crippen molar-refractivity contribution in [2.75, 3.05) is 16.8 Å². The number of nitriles is 1. The van der Waals surface area contributed by atoms with Crippen LogP contribution in [0.1, 0.15) is 24.9 Å². The van der Waals surface area contributed by atoms with E-state index in [1.165, 1.54) is 27.6 Å². The van der Waals surface area contributed by atoms with Crippen molar-refractivity contribution in [3.8, 4) is 28.8 Å². The second-order valence-electron chi connectivity index (χ2n) is 9.42. The van der Waals surface area contributed by atoms with Gasteiger partial charge in [-0.05, 0) is 81.3 Å². The molecule has 4 aromatic heterocycles. The quantitative estimate of drug-likeness (QED) is 0.0348. The van der Waals surface area contributed by atoms with E-state index in [-0.39, 0.29) is 40.7 Å². The summed E-state index contributed by atoms with van der Waals surface area (Å²) in [5.41, 5.74) is 27.7. The van der Waals surface area contributed by atoms with Crippen LogP contribution < -0.4 is 46.3 Å². The molecule has 17 nitrogen and oxygen atoms in total. The maximum atomic E-state index is 12.1. The molecule has 0 aliphatic carbocycles. The van der Waals surface area contributed by atoms with Crippen molar-refractivity contribution < 1.29 is 39.1 Å². The third-order valence-corrected chi connectivity index (χ3v) is 9.14. The van der Waals surface area contributed by atoms with Gasteiger partial charge in [-0.15, -0.1) is 43.1 Å². The van der Waals surface area contributed by atoms with Crippen LogP contribution in [0, 0.1) is 11.3 Å². The van der Waals surface area contributed by atoms with Crippen molar-refractivity contribution in [2.45, 2.75) is 0 Å². The third kappa shape index (κ3) is 14.2. The van der Waals surface area contributed by atoms with Crippen molar-refractivity contribution in [3.63, 3.8) is 0 Å². The van der Waals surface area contributed by atoms with Crippen LogP contribution in [0.4, 0.5) is 17.1 Å². The van der Waals surface area contributed by atoms with E-state index in [1.807, 2.05) is 22.9 Å². The summed E-state index contributed by atoms with van der Waals surface area (Å²) in [7, 11) is 0. The van der Waals surface area contributed by atoms with Gasteiger partial charge in [0.25, 0.3) is 11.1 Å². The number of carbonyl (C=O) groups excluding carboxylic acids is 2. The number of anilines is 3. The van der Waals surface area contributed by atoms with Gasteiger partial charge < -0.3 is 27.8 Å². The molecule has 0 radical (unpaired) electrons. The molecule has 0 saturated heterocycles. The first-order chi connectivity index (χ1) is 26.0. The molecular weight excluding hydrogens is 843 g/mol. The molecule has 0 aliphatic heterocycles. The van der Waals surface area contributed by atoms with Gasteiger partial charge in [0, 0.05) is 11.1 Å².